The second-order valence-electron chi connectivity index (χ2n) is 10.2. The number of nitrogens with zero attached hydrogens (tertiary/aromatic N) is 2. The molecule has 1 fully saturated rings. The Kier molecular flexibility index (Phi) is 13.0. The highest BCUT2D eigenvalue weighted by Gasteiger charge is 2.18. The number of rotatable bonds is 16. The van der Waals surface area contributed by atoms with E-state index in [2.05, 4.69) is 48.4 Å². The van der Waals surface area contributed by atoms with E-state index in [4.69, 9.17) is 14.2 Å². The number of aryl methyl sites for hydroxylation is 1. The van der Waals surface area contributed by atoms with Gasteiger partial charge in [-0.2, -0.15) is 0 Å². The van der Waals surface area contributed by atoms with Crippen molar-refractivity contribution in [3.05, 3.63) is 53.6 Å². The zero-order valence-corrected chi connectivity index (χ0v) is 24.3. The number of carbonyl (C=O) groups is 1. The lowest BCUT2D eigenvalue weighted by Crippen LogP contribution is -2.53. The molecule has 1 amide bonds. The van der Waals surface area contributed by atoms with Crippen LogP contribution in [-0.4, -0.2) is 57.9 Å². The lowest BCUT2D eigenvalue weighted by atomic mass is 10.1. The van der Waals surface area contributed by atoms with Crippen molar-refractivity contribution in [2.24, 2.45) is 0 Å². The van der Waals surface area contributed by atoms with Gasteiger partial charge < -0.3 is 19.1 Å². The highest BCUT2D eigenvalue weighted by molar-refractivity contribution is 5.91. The fourth-order valence-electron chi connectivity index (χ4n) is 4.75. The molecule has 3 rings (SSSR count). The first-order valence-electron chi connectivity index (χ1n) is 14.5. The maximum Gasteiger partial charge on any atom is 0.258 e. The van der Waals surface area contributed by atoms with Gasteiger partial charge in [-0.1, -0.05) is 69.6 Å². The van der Waals surface area contributed by atoms with Crippen LogP contribution in [0, 0.1) is 6.92 Å². The van der Waals surface area contributed by atoms with Crippen molar-refractivity contribution in [1.29, 1.82) is 0 Å². The Bertz CT molecular complexity index is 1010. The molecule has 2 aromatic rings. The topological polar surface area (TPSA) is 63.3 Å². The molecule has 7 nitrogen and oxygen atoms in total. The molecule has 0 unspecified atom stereocenters. The molecular weight excluding hydrogens is 490 g/mol. The Morgan fingerprint density at radius 1 is 0.872 bits per heavy atom. The molecule has 1 saturated heterocycles. The van der Waals surface area contributed by atoms with Crippen molar-refractivity contribution < 1.29 is 19.0 Å². The van der Waals surface area contributed by atoms with Crippen LogP contribution < -0.4 is 24.5 Å². The van der Waals surface area contributed by atoms with Gasteiger partial charge in [-0.3, -0.25) is 10.2 Å². The van der Waals surface area contributed by atoms with Crippen LogP contribution >= 0.6 is 0 Å². The molecule has 1 aliphatic heterocycles. The fourth-order valence-corrected chi connectivity index (χ4v) is 4.75. The van der Waals surface area contributed by atoms with Gasteiger partial charge in [0.05, 0.1) is 20.8 Å². The summed E-state index contributed by atoms with van der Waals surface area (Å²) in [4.78, 5) is 15.0. The van der Waals surface area contributed by atoms with Crippen LogP contribution in [0.25, 0.3) is 6.08 Å². The smallest absolute Gasteiger partial charge is 0.258 e. The number of carbonyl (C=O) groups excluding carboxylic acids is 1. The van der Waals surface area contributed by atoms with Crippen LogP contribution in [0.5, 0.6) is 17.2 Å². The number of ether oxygens (including phenoxy) is 3. The fraction of sp³-hybridized carbons (Fsp3) is 0.531. The summed E-state index contributed by atoms with van der Waals surface area (Å²) < 4.78 is 17.2. The minimum atomic E-state index is -0.160. The Morgan fingerprint density at radius 3 is 2.05 bits per heavy atom. The largest absolute Gasteiger partial charge is 0.493 e. The minimum Gasteiger partial charge on any atom is -0.493 e. The Balaban J connectivity index is 1.46. The average molecular weight is 538 g/mol. The van der Waals surface area contributed by atoms with Crippen molar-refractivity contribution in [2.45, 2.75) is 65.2 Å². The van der Waals surface area contributed by atoms with Gasteiger partial charge in [0.2, 0.25) is 5.75 Å². The SMILES string of the molecule is CCCCCCCCCCOc1c(OC)cc(/C=C/C(=O)NN2CCN(c3ccc(C)cc3)CC2)cc1OC. The van der Waals surface area contributed by atoms with E-state index in [-0.39, 0.29) is 5.91 Å². The number of hydrogen-bond acceptors (Lipinski definition) is 6. The molecule has 0 atom stereocenters. The first kappa shape index (κ1) is 30.4. The number of hydrogen-bond donors (Lipinski definition) is 1. The van der Waals surface area contributed by atoms with E-state index < -0.39 is 0 Å². The molecule has 1 N–H and O–H groups in total. The van der Waals surface area contributed by atoms with Crippen LogP contribution in [0.3, 0.4) is 0 Å². The summed E-state index contributed by atoms with van der Waals surface area (Å²) in [6, 6.07) is 12.3. The van der Waals surface area contributed by atoms with Crippen LogP contribution in [0.1, 0.15) is 69.4 Å². The molecule has 0 aromatic heterocycles. The van der Waals surface area contributed by atoms with Gasteiger partial charge in [-0.25, -0.2) is 5.01 Å². The van der Waals surface area contributed by atoms with E-state index in [1.165, 1.54) is 49.8 Å². The number of amides is 1. The summed E-state index contributed by atoms with van der Waals surface area (Å²) in [5, 5.41) is 1.97. The van der Waals surface area contributed by atoms with E-state index in [0.717, 1.165) is 44.6 Å². The standard InChI is InChI=1S/C32H47N3O4/c1-5-6-7-8-9-10-11-12-23-39-32-29(37-3)24-27(25-30(32)38-4)15-18-31(36)33-35-21-19-34(20-22-35)28-16-13-26(2)14-17-28/h13-18,24-25H,5-12,19-23H2,1-4H3,(H,33,36)/b18-15+. The third kappa shape index (κ3) is 10.1. The quantitative estimate of drug-likeness (QED) is 0.198. The number of anilines is 1. The second-order valence-corrected chi connectivity index (χ2v) is 10.2. The molecule has 0 saturated carbocycles. The molecule has 214 valence electrons. The van der Waals surface area contributed by atoms with Crippen molar-refractivity contribution in [2.75, 3.05) is 51.9 Å². The summed E-state index contributed by atoms with van der Waals surface area (Å²) >= 11 is 0. The monoisotopic (exact) mass is 537 g/mol. The van der Waals surface area contributed by atoms with Crippen LogP contribution in [0.2, 0.25) is 0 Å². The van der Waals surface area contributed by atoms with E-state index in [9.17, 15) is 4.79 Å². The van der Waals surface area contributed by atoms with E-state index >= 15 is 0 Å². The van der Waals surface area contributed by atoms with Crippen LogP contribution in [0.4, 0.5) is 5.69 Å². The zero-order valence-electron chi connectivity index (χ0n) is 24.3. The normalized spacial score (nSPS) is 14.0. The maximum absolute atomic E-state index is 12.6. The number of hydrazine groups is 1. The lowest BCUT2D eigenvalue weighted by molar-refractivity contribution is -0.121. The van der Waals surface area contributed by atoms with Crippen molar-refractivity contribution in [3.8, 4) is 17.2 Å². The van der Waals surface area contributed by atoms with Gasteiger partial charge in [0.15, 0.2) is 11.5 Å². The Labute approximate surface area is 235 Å². The Hall–Kier alpha value is -3.19. The number of piperazine rings is 1. The molecule has 0 radical (unpaired) electrons. The summed E-state index contributed by atoms with van der Waals surface area (Å²) in [5.41, 5.74) is 6.28. The van der Waals surface area contributed by atoms with Gasteiger partial charge >= 0.3 is 0 Å². The average Bonchev–Trinajstić information content (AvgIpc) is 2.96. The molecule has 0 bridgehead atoms. The lowest BCUT2D eigenvalue weighted by Gasteiger charge is -2.35. The van der Waals surface area contributed by atoms with Gasteiger partial charge in [0.25, 0.3) is 5.91 Å². The van der Waals surface area contributed by atoms with E-state index in [1.54, 1.807) is 26.4 Å². The highest BCUT2D eigenvalue weighted by Crippen LogP contribution is 2.39. The molecule has 39 heavy (non-hydrogen) atoms. The summed E-state index contributed by atoms with van der Waals surface area (Å²) in [6.07, 6.45) is 13.3. The Morgan fingerprint density at radius 2 is 1.46 bits per heavy atom. The predicted octanol–water partition coefficient (Wildman–Crippen LogP) is 6.40. The number of methoxy groups -OCH3 is 2. The summed E-state index contributed by atoms with van der Waals surface area (Å²) in [6.45, 7) is 8.22. The minimum absolute atomic E-state index is 0.160. The summed E-state index contributed by atoms with van der Waals surface area (Å²) in [5.74, 6) is 1.64. The second kappa shape index (κ2) is 16.7. The van der Waals surface area contributed by atoms with Gasteiger partial charge in [0, 0.05) is 37.9 Å². The van der Waals surface area contributed by atoms with Crippen LogP contribution in [0.15, 0.2) is 42.5 Å². The maximum atomic E-state index is 12.6. The first-order chi connectivity index (χ1) is 19.0. The van der Waals surface area contributed by atoms with Gasteiger partial charge in [0.1, 0.15) is 0 Å². The zero-order chi connectivity index (χ0) is 27.9. The molecule has 1 aliphatic rings. The first-order valence-corrected chi connectivity index (χ1v) is 14.5. The highest BCUT2D eigenvalue weighted by atomic mass is 16.5. The molecular formula is C32H47N3O4. The number of benzene rings is 2. The summed E-state index contributed by atoms with van der Waals surface area (Å²) in [7, 11) is 3.24. The van der Waals surface area contributed by atoms with Crippen molar-refractivity contribution in [3.63, 3.8) is 0 Å². The molecule has 0 aliphatic carbocycles. The molecule has 2 aromatic carbocycles. The molecule has 1 heterocycles. The third-order valence-electron chi connectivity index (χ3n) is 7.10. The number of unbranched alkanes of at least 4 members (excludes halogenated alkanes) is 7. The third-order valence-corrected chi connectivity index (χ3v) is 7.10. The molecule has 7 heteroatoms. The number of nitrogens with one attached hydrogen (secondary N) is 1. The van der Waals surface area contributed by atoms with Crippen molar-refractivity contribution >= 4 is 17.7 Å². The van der Waals surface area contributed by atoms with Gasteiger partial charge in [-0.05, 0) is 49.2 Å². The predicted molar refractivity (Wildman–Crippen MR) is 160 cm³/mol. The van der Waals surface area contributed by atoms with Gasteiger partial charge in [-0.15, -0.1) is 0 Å². The van der Waals surface area contributed by atoms with E-state index in [1.807, 2.05) is 17.1 Å². The van der Waals surface area contributed by atoms with Crippen LogP contribution in [-0.2, 0) is 4.79 Å². The van der Waals surface area contributed by atoms with E-state index in [0.29, 0.717) is 23.9 Å². The van der Waals surface area contributed by atoms with Crippen molar-refractivity contribution in [1.82, 2.24) is 10.4 Å². The molecule has 0 spiro atoms.